The molecule has 18 heavy (non-hydrogen) atoms. The van der Waals surface area contributed by atoms with Gasteiger partial charge in [-0.05, 0) is 39.2 Å². The normalized spacial score (nSPS) is 9.78. The lowest BCUT2D eigenvalue weighted by Crippen LogP contribution is -2.39. The summed E-state index contributed by atoms with van der Waals surface area (Å²) in [5.74, 6) is 0.0539. The molecule has 0 atom stereocenters. The third kappa shape index (κ3) is 6.47. The number of nitrogens with one attached hydrogen (secondary N) is 1. The van der Waals surface area contributed by atoms with E-state index in [1.165, 1.54) is 0 Å². The van der Waals surface area contributed by atoms with Crippen LogP contribution in [0.1, 0.15) is 12.8 Å². The van der Waals surface area contributed by atoms with E-state index < -0.39 is 0 Å². The first-order chi connectivity index (χ1) is 8.09. The molecule has 1 N–H and O–H groups in total. The number of hydrogen-bond donors (Lipinski definition) is 1. The molecule has 0 radical (unpaired) electrons. The van der Waals surface area contributed by atoms with E-state index in [0.717, 1.165) is 18.7 Å². The van der Waals surface area contributed by atoms with Crippen LogP contribution in [0.25, 0.3) is 0 Å². The number of carbonyl (C=O) groups excluding carboxylic acids is 1. The average molecular weight is 272 g/mol. The van der Waals surface area contributed by atoms with Crippen molar-refractivity contribution in [3.63, 3.8) is 0 Å². The van der Waals surface area contributed by atoms with Crippen LogP contribution in [0.4, 0.5) is 5.69 Å². The lowest BCUT2D eigenvalue weighted by atomic mass is 10.3. The van der Waals surface area contributed by atoms with Crippen LogP contribution in [0.3, 0.4) is 0 Å². The zero-order chi connectivity index (χ0) is 12.7. The van der Waals surface area contributed by atoms with Gasteiger partial charge in [0.1, 0.15) is 0 Å². The van der Waals surface area contributed by atoms with Crippen molar-refractivity contribution in [2.45, 2.75) is 12.8 Å². The van der Waals surface area contributed by atoms with Crippen LogP contribution in [0.2, 0.25) is 0 Å². The van der Waals surface area contributed by atoms with Crippen LogP contribution in [-0.2, 0) is 4.79 Å². The Hall–Kier alpha value is -1.26. The summed E-state index contributed by atoms with van der Waals surface area (Å²) in [5, 5.41) is 1.75. The largest absolute Gasteiger partial charge is 0.309 e. The van der Waals surface area contributed by atoms with E-state index in [2.05, 4.69) is 10.3 Å². The molecule has 0 heterocycles. The van der Waals surface area contributed by atoms with Gasteiger partial charge < -0.3 is 4.90 Å². The first kappa shape index (κ1) is 16.7. The Labute approximate surface area is 115 Å². The summed E-state index contributed by atoms with van der Waals surface area (Å²) in [4.78, 5) is 13.7. The molecule has 0 saturated heterocycles. The Kier molecular flexibility index (Phi) is 8.16. The highest BCUT2D eigenvalue weighted by Crippen LogP contribution is 2.08. The van der Waals surface area contributed by atoms with E-state index in [1.807, 2.05) is 51.5 Å². The van der Waals surface area contributed by atoms with Gasteiger partial charge in [-0.2, -0.15) is 0 Å². The minimum absolute atomic E-state index is 0. The average Bonchev–Trinajstić information content (AvgIpc) is 2.29. The van der Waals surface area contributed by atoms with E-state index in [4.69, 9.17) is 0 Å². The number of para-hydroxylation sites is 1. The van der Waals surface area contributed by atoms with Gasteiger partial charge in [-0.3, -0.25) is 15.2 Å². The van der Waals surface area contributed by atoms with E-state index in [1.54, 1.807) is 5.01 Å². The van der Waals surface area contributed by atoms with Crippen molar-refractivity contribution in [2.24, 2.45) is 0 Å². The molecule has 1 aromatic rings. The number of carbonyl (C=O) groups is 1. The Morgan fingerprint density at radius 1 is 1.17 bits per heavy atom. The SMILES string of the molecule is CN(C)CCCC(=O)NN(C)c1ccccc1.Cl. The monoisotopic (exact) mass is 271 g/mol. The molecule has 0 bridgehead atoms. The number of hydrazine groups is 1. The number of nitrogens with zero attached hydrogens (tertiary/aromatic N) is 2. The van der Waals surface area contributed by atoms with Gasteiger partial charge in [0, 0.05) is 13.5 Å². The maximum absolute atomic E-state index is 11.6. The zero-order valence-electron chi connectivity index (χ0n) is 11.2. The van der Waals surface area contributed by atoms with E-state index >= 15 is 0 Å². The molecule has 0 aliphatic carbocycles. The highest BCUT2D eigenvalue weighted by Gasteiger charge is 2.05. The van der Waals surface area contributed by atoms with Gasteiger partial charge in [-0.1, -0.05) is 18.2 Å². The molecule has 0 aliphatic heterocycles. The quantitative estimate of drug-likeness (QED) is 0.803. The van der Waals surface area contributed by atoms with Crippen LogP contribution in [0.5, 0.6) is 0 Å². The van der Waals surface area contributed by atoms with Crippen molar-refractivity contribution >= 4 is 24.0 Å². The van der Waals surface area contributed by atoms with E-state index in [9.17, 15) is 4.79 Å². The molecule has 0 unspecified atom stereocenters. The number of benzene rings is 1. The van der Waals surface area contributed by atoms with Crippen LogP contribution >= 0.6 is 12.4 Å². The second kappa shape index (κ2) is 8.78. The highest BCUT2D eigenvalue weighted by molar-refractivity contribution is 5.85. The standard InChI is InChI=1S/C13H21N3O.ClH/c1-15(2)11-7-10-13(17)14-16(3)12-8-5-4-6-9-12;/h4-6,8-9H,7,10-11H2,1-3H3,(H,14,17);1H. The molecule has 5 heteroatoms. The third-order valence-corrected chi connectivity index (χ3v) is 2.45. The molecular formula is C13H22ClN3O. The van der Waals surface area contributed by atoms with Crippen molar-refractivity contribution in [3.8, 4) is 0 Å². The molecule has 0 fully saturated rings. The maximum Gasteiger partial charge on any atom is 0.238 e. The number of anilines is 1. The third-order valence-electron chi connectivity index (χ3n) is 2.45. The summed E-state index contributed by atoms with van der Waals surface area (Å²) in [6, 6.07) is 9.77. The van der Waals surface area contributed by atoms with Crippen molar-refractivity contribution in [2.75, 3.05) is 32.7 Å². The molecule has 102 valence electrons. The predicted molar refractivity (Wildman–Crippen MR) is 78.0 cm³/mol. The Bertz CT molecular complexity index is 343. The second-order valence-corrected chi connectivity index (χ2v) is 4.34. The molecule has 1 aromatic carbocycles. The molecular weight excluding hydrogens is 250 g/mol. The lowest BCUT2D eigenvalue weighted by Gasteiger charge is -2.20. The topological polar surface area (TPSA) is 35.6 Å². The lowest BCUT2D eigenvalue weighted by molar-refractivity contribution is -0.121. The molecule has 0 spiro atoms. The number of amides is 1. The number of rotatable bonds is 6. The Balaban J connectivity index is 0.00000289. The van der Waals surface area contributed by atoms with Gasteiger partial charge in [0.15, 0.2) is 0 Å². The fourth-order valence-corrected chi connectivity index (χ4v) is 1.51. The second-order valence-electron chi connectivity index (χ2n) is 4.34. The summed E-state index contributed by atoms with van der Waals surface area (Å²) in [6.45, 7) is 0.933. The van der Waals surface area contributed by atoms with Gasteiger partial charge in [0.05, 0.1) is 5.69 Å². The van der Waals surface area contributed by atoms with Crippen LogP contribution in [-0.4, -0.2) is 38.5 Å². The van der Waals surface area contributed by atoms with Gasteiger partial charge in [0.2, 0.25) is 5.91 Å². The minimum atomic E-state index is 0. The van der Waals surface area contributed by atoms with Crippen LogP contribution in [0.15, 0.2) is 30.3 Å². The van der Waals surface area contributed by atoms with Gasteiger partial charge in [0.25, 0.3) is 0 Å². The maximum atomic E-state index is 11.6. The van der Waals surface area contributed by atoms with Crippen LogP contribution < -0.4 is 10.4 Å². The Morgan fingerprint density at radius 2 is 1.78 bits per heavy atom. The van der Waals surface area contributed by atoms with Crippen molar-refractivity contribution < 1.29 is 4.79 Å². The summed E-state index contributed by atoms with van der Waals surface area (Å²) in [5.41, 5.74) is 3.83. The summed E-state index contributed by atoms with van der Waals surface area (Å²) in [7, 11) is 5.86. The predicted octanol–water partition coefficient (Wildman–Crippen LogP) is 1.92. The molecule has 0 aromatic heterocycles. The van der Waals surface area contributed by atoms with E-state index in [-0.39, 0.29) is 18.3 Å². The fourth-order valence-electron chi connectivity index (χ4n) is 1.51. The molecule has 1 amide bonds. The fraction of sp³-hybridized carbons (Fsp3) is 0.462. The van der Waals surface area contributed by atoms with Crippen LogP contribution in [0, 0.1) is 0 Å². The number of hydrogen-bond acceptors (Lipinski definition) is 3. The molecule has 0 saturated carbocycles. The number of halogens is 1. The van der Waals surface area contributed by atoms with Crippen molar-refractivity contribution in [1.29, 1.82) is 0 Å². The van der Waals surface area contributed by atoms with Crippen molar-refractivity contribution in [3.05, 3.63) is 30.3 Å². The first-order valence-electron chi connectivity index (χ1n) is 5.82. The Morgan fingerprint density at radius 3 is 2.33 bits per heavy atom. The van der Waals surface area contributed by atoms with Gasteiger partial charge in [-0.15, -0.1) is 12.4 Å². The summed E-state index contributed by atoms with van der Waals surface area (Å²) in [6.07, 6.45) is 1.43. The van der Waals surface area contributed by atoms with Gasteiger partial charge >= 0.3 is 0 Å². The smallest absolute Gasteiger partial charge is 0.238 e. The van der Waals surface area contributed by atoms with E-state index in [0.29, 0.717) is 6.42 Å². The summed E-state index contributed by atoms with van der Waals surface area (Å²) < 4.78 is 0. The molecule has 4 nitrogen and oxygen atoms in total. The first-order valence-corrected chi connectivity index (χ1v) is 5.82. The zero-order valence-corrected chi connectivity index (χ0v) is 12.0. The molecule has 1 rings (SSSR count). The molecule has 0 aliphatic rings. The van der Waals surface area contributed by atoms with Gasteiger partial charge in [-0.25, -0.2) is 0 Å². The minimum Gasteiger partial charge on any atom is -0.309 e. The highest BCUT2D eigenvalue weighted by atomic mass is 35.5. The van der Waals surface area contributed by atoms with Crippen molar-refractivity contribution in [1.82, 2.24) is 10.3 Å². The summed E-state index contributed by atoms with van der Waals surface area (Å²) >= 11 is 0.